The van der Waals surface area contributed by atoms with Crippen molar-refractivity contribution in [2.75, 3.05) is 0 Å². The molecule has 5 rings (SSSR count). The Bertz CT molecular complexity index is 1130. The fourth-order valence-corrected chi connectivity index (χ4v) is 8.12. The Kier molecular flexibility index (Phi) is 9.60. The van der Waals surface area contributed by atoms with Gasteiger partial charge in [0, 0.05) is 11.6 Å². The molecule has 3 aliphatic carbocycles. The van der Waals surface area contributed by atoms with E-state index in [0.717, 1.165) is 48.8 Å². The Hall–Kier alpha value is -2.18. The normalized spacial score (nSPS) is 29.3. The van der Waals surface area contributed by atoms with Crippen molar-refractivity contribution in [1.82, 2.24) is 0 Å². The van der Waals surface area contributed by atoms with Crippen LogP contribution in [0.2, 0.25) is 0 Å². The van der Waals surface area contributed by atoms with E-state index in [0.29, 0.717) is 36.8 Å². The Labute approximate surface area is 240 Å². The van der Waals surface area contributed by atoms with Gasteiger partial charge in [0.15, 0.2) is 17.5 Å². The number of benzene rings is 2. The van der Waals surface area contributed by atoms with Gasteiger partial charge in [-0.3, -0.25) is 0 Å². The number of ether oxygens (including phenoxy) is 1. The molecule has 0 heterocycles. The monoisotopic (exact) mass is 580 g/mol. The molecule has 3 saturated carbocycles. The quantitative estimate of drug-likeness (QED) is 0.223. The van der Waals surface area contributed by atoms with Gasteiger partial charge in [0.05, 0.1) is 5.92 Å². The van der Waals surface area contributed by atoms with Gasteiger partial charge in [-0.1, -0.05) is 32.6 Å². The Morgan fingerprint density at radius 3 is 1.63 bits per heavy atom. The van der Waals surface area contributed by atoms with E-state index in [9.17, 15) is 17.6 Å². The molecule has 0 amide bonds. The summed E-state index contributed by atoms with van der Waals surface area (Å²) in [5.41, 5.74) is -0.471. The maximum Gasteiger partial charge on any atom is 0.400 e. The second-order valence-corrected chi connectivity index (χ2v) is 12.9. The lowest BCUT2D eigenvalue weighted by Gasteiger charge is -2.42. The van der Waals surface area contributed by atoms with E-state index in [1.165, 1.54) is 64.2 Å². The van der Waals surface area contributed by atoms with Crippen LogP contribution in [-0.2, 0) is 0 Å². The number of rotatable bonds is 8. The van der Waals surface area contributed by atoms with Crippen LogP contribution in [0.3, 0.4) is 0 Å². The summed E-state index contributed by atoms with van der Waals surface area (Å²) >= 11 is 0. The molecule has 0 radical (unpaired) electrons. The van der Waals surface area contributed by atoms with Gasteiger partial charge in [-0.25, -0.2) is 17.6 Å². The van der Waals surface area contributed by atoms with Gasteiger partial charge < -0.3 is 4.74 Å². The van der Waals surface area contributed by atoms with Crippen LogP contribution >= 0.6 is 0 Å². The standard InChI is InChI=1S/C34H42F6O/c1-2-3-21-4-6-22(7-5-21)23-8-10-24(11-9-23)25-12-14-27(15-13-25)34(39,40)41-28-16-17-29(30(35)20-28)26-18-31(36)33(38)32(37)19-26/h16-25,27H,2-15H2,1H3. The summed E-state index contributed by atoms with van der Waals surface area (Å²) in [5, 5.41) is 0. The summed E-state index contributed by atoms with van der Waals surface area (Å²) in [4.78, 5) is 0. The molecular formula is C34H42F6O. The zero-order valence-electron chi connectivity index (χ0n) is 23.9. The smallest absolute Gasteiger partial charge is 0.400 e. The van der Waals surface area contributed by atoms with E-state index in [2.05, 4.69) is 6.92 Å². The number of hydrogen-bond donors (Lipinski definition) is 0. The van der Waals surface area contributed by atoms with Crippen molar-refractivity contribution >= 4 is 0 Å². The molecule has 1 nitrogen and oxygen atoms in total. The van der Waals surface area contributed by atoms with E-state index in [-0.39, 0.29) is 16.9 Å². The fraction of sp³-hybridized carbons (Fsp3) is 0.647. The predicted octanol–water partition coefficient (Wildman–Crippen LogP) is 11.1. The van der Waals surface area contributed by atoms with E-state index < -0.39 is 35.3 Å². The highest BCUT2D eigenvalue weighted by atomic mass is 19.3. The van der Waals surface area contributed by atoms with Crippen molar-refractivity contribution in [2.45, 2.75) is 103 Å². The van der Waals surface area contributed by atoms with Gasteiger partial charge >= 0.3 is 6.11 Å². The minimum Gasteiger partial charge on any atom is -0.432 e. The van der Waals surface area contributed by atoms with Gasteiger partial charge in [-0.2, -0.15) is 8.78 Å². The van der Waals surface area contributed by atoms with Gasteiger partial charge in [0.25, 0.3) is 0 Å². The maximum absolute atomic E-state index is 15.1. The summed E-state index contributed by atoms with van der Waals surface area (Å²) in [6.45, 7) is 2.28. The zero-order valence-corrected chi connectivity index (χ0v) is 23.9. The van der Waals surface area contributed by atoms with Crippen molar-refractivity contribution < 1.29 is 31.1 Å². The molecule has 0 unspecified atom stereocenters. The average molecular weight is 581 g/mol. The molecule has 2 aromatic carbocycles. The molecule has 2 aromatic rings. The van der Waals surface area contributed by atoms with Crippen LogP contribution in [0.4, 0.5) is 26.3 Å². The molecule has 3 aliphatic rings. The largest absolute Gasteiger partial charge is 0.432 e. The summed E-state index contributed by atoms with van der Waals surface area (Å²) in [6, 6.07) is 4.36. The van der Waals surface area contributed by atoms with Crippen molar-refractivity contribution in [3.8, 4) is 16.9 Å². The number of halogens is 6. The first kappa shape index (κ1) is 30.3. The molecule has 0 atom stereocenters. The number of hydrogen-bond acceptors (Lipinski definition) is 1. The van der Waals surface area contributed by atoms with Gasteiger partial charge in [0.2, 0.25) is 0 Å². The molecule has 7 heteroatoms. The molecule has 0 spiro atoms. The molecule has 0 bridgehead atoms. The molecule has 226 valence electrons. The average Bonchev–Trinajstić information content (AvgIpc) is 2.96. The lowest BCUT2D eigenvalue weighted by molar-refractivity contribution is -0.224. The Morgan fingerprint density at radius 2 is 1.15 bits per heavy atom. The minimum atomic E-state index is -3.46. The van der Waals surface area contributed by atoms with E-state index in [1.807, 2.05) is 0 Å². The van der Waals surface area contributed by atoms with Crippen molar-refractivity contribution in [2.24, 2.45) is 35.5 Å². The molecule has 0 aromatic heterocycles. The first-order chi connectivity index (χ1) is 19.6. The van der Waals surface area contributed by atoms with E-state index >= 15 is 8.78 Å². The lowest BCUT2D eigenvalue weighted by atomic mass is 9.65. The second kappa shape index (κ2) is 13.0. The highest BCUT2D eigenvalue weighted by Crippen LogP contribution is 2.48. The first-order valence-electron chi connectivity index (χ1n) is 15.7. The number of alkyl halides is 2. The third kappa shape index (κ3) is 7.07. The first-order valence-corrected chi connectivity index (χ1v) is 15.7. The van der Waals surface area contributed by atoms with Crippen LogP contribution in [0, 0.1) is 58.8 Å². The predicted molar refractivity (Wildman–Crippen MR) is 149 cm³/mol. The molecule has 0 saturated heterocycles. The summed E-state index contributed by atoms with van der Waals surface area (Å²) in [5.74, 6) is -3.10. The molecule has 0 aliphatic heterocycles. The summed E-state index contributed by atoms with van der Waals surface area (Å²) in [7, 11) is 0. The van der Waals surface area contributed by atoms with E-state index in [1.54, 1.807) is 0 Å². The van der Waals surface area contributed by atoms with Crippen molar-refractivity contribution in [1.29, 1.82) is 0 Å². The lowest BCUT2D eigenvalue weighted by Crippen LogP contribution is -2.38. The van der Waals surface area contributed by atoms with Crippen LogP contribution < -0.4 is 4.74 Å². The Morgan fingerprint density at radius 1 is 0.659 bits per heavy atom. The van der Waals surface area contributed by atoms with Crippen LogP contribution in [0.15, 0.2) is 30.3 Å². The van der Waals surface area contributed by atoms with Gasteiger partial charge in [0.1, 0.15) is 11.6 Å². The molecule has 0 N–H and O–H groups in total. The van der Waals surface area contributed by atoms with Gasteiger partial charge in [-0.05, 0) is 124 Å². The Balaban J connectivity index is 1.10. The maximum atomic E-state index is 15.1. The summed E-state index contributed by atoms with van der Waals surface area (Å²) < 4.78 is 90.3. The van der Waals surface area contributed by atoms with Crippen LogP contribution in [0.1, 0.15) is 96.8 Å². The molecule has 3 fully saturated rings. The van der Waals surface area contributed by atoms with Crippen molar-refractivity contribution in [3.63, 3.8) is 0 Å². The SMILES string of the molecule is CCCC1CCC(C2CCC(C3CCC(C(F)(F)Oc4ccc(-c5cc(F)c(F)c(F)c5)c(F)c4)CC3)CC2)CC1. The fourth-order valence-electron chi connectivity index (χ4n) is 8.12. The second-order valence-electron chi connectivity index (χ2n) is 12.9. The zero-order chi connectivity index (χ0) is 29.1. The van der Waals surface area contributed by atoms with Crippen LogP contribution in [-0.4, -0.2) is 6.11 Å². The minimum absolute atomic E-state index is 0.232. The topological polar surface area (TPSA) is 9.23 Å². The van der Waals surface area contributed by atoms with Crippen LogP contribution in [0.25, 0.3) is 11.1 Å². The molecular weight excluding hydrogens is 538 g/mol. The summed E-state index contributed by atoms with van der Waals surface area (Å²) in [6.07, 6.45) is 12.0. The highest BCUT2D eigenvalue weighted by Gasteiger charge is 2.45. The van der Waals surface area contributed by atoms with E-state index in [4.69, 9.17) is 4.74 Å². The van der Waals surface area contributed by atoms with Crippen molar-refractivity contribution in [3.05, 3.63) is 53.6 Å². The third-order valence-electron chi connectivity index (χ3n) is 10.5. The van der Waals surface area contributed by atoms with Gasteiger partial charge in [-0.15, -0.1) is 0 Å². The highest BCUT2D eigenvalue weighted by molar-refractivity contribution is 5.65. The molecule has 41 heavy (non-hydrogen) atoms. The van der Waals surface area contributed by atoms with Crippen LogP contribution in [0.5, 0.6) is 5.75 Å². The third-order valence-corrected chi connectivity index (χ3v) is 10.5.